The first-order valence-corrected chi connectivity index (χ1v) is 26.5. The summed E-state index contributed by atoms with van der Waals surface area (Å²) in [4.78, 5) is 12.5. The number of hydrogen-bond acceptors (Lipinski definition) is 3. The van der Waals surface area contributed by atoms with Crippen LogP contribution in [0.3, 0.4) is 0 Å². The average molecular weight is 860 g/mol. The molecule has 2 unspecified atom stereocenters. The van der Waals surface area contributed by atoms with Gasteiger partial charge in [-0.2, -0.15) is 0 Å². The van der Waals surface area contributed by atoms with Crippen LogP contribution in [0.25, 0.3) is 0 Å². The van der Waals surface area contributed by atoms with Crippen molar-refractivity contribution in [3.05, 3.63) is 97.2 Å². The zero-order chi connectivity index (χ0) is 44.9. The van der Waals surface area contributed by atoms with E-state index in [0.29, 0.717) is 6.42 Å². The van der Waals surface area contributed by atoms with Crippen molar-refractivity contribution in [2.24, 2.45) is 0 Å². The maximum Gasteiger partial charge on any atom is 0.220 e. The number of carbonyl (C=O) groups excluding carboxylic acids is 1. The molecule has 0 heterocycles. The number of carbonyl (C=O) groups is 1. The van der Waals surface area contributed by atoms with Crippen molar-refractivity contribution in [2.75, 3.05) is 6.61 Å². The van der Waals surface area contributed by atoms with E-state index in [1.165, 1.54) is 141 Å². The molecule has 2 atom stereocenters. The number of aliphatic hydroxyl groups excluding tert-OH is 2. The minimum Gasteiger partial charge on any atom is -0.394 e. The highest BCUT2D eigenvalue weighted by molar-refractivity contribution is 5.76. The second-order valence-electron chi connectivity index (χ2n) is 17.6. The van der Waals surface area contributed by atoms with Gasteiger partial charge in [0.1, 0.15) is 0 Å². The number of amides is 1. The largest absolute Gasteiger partial charge is 0.394 e. The van der Waals surface area contributed by atoms with Gasteiger partial charge >= 0.3 is 0 Å². The van der Waals surface area contributed by atoms with Crippen molar-refractivity contribution in [1.82, 2.24) is 5.32 Å². The van der Waals surface area contributed by atoms with Gasteiger partial charge in [0.05, 0.1) is 18.8 Å². The lowest BCUT2D eigenvalue weighted by atomic mass is 10.0. The predicted molar refractivity (Wildman–Crippen MR) is 276 cm³/mol. The molecule has 0 spiro atoms. The molecule has 0 aliphatic carbocycles. The van der Waals surface area contributed by atoms with Gasteiger partial charge in [-0.25, -0.2) is 0 Å². The van der Waals surface area contributed by atoms with Crippen LogP contribution < -0.4 is 5.32 Å². The Balaban J connectivity index is 3.63. The Morgan fingerprint density at radius 3 is 1.13 bits per heavy atom. The first-order chi connectivity index (χ1) is 30.7. The molecule has 0 aliphatic heterocycles. The van der Waals surface area contributed by atoms with E-state index in [-0.39, 0.29) is 12.5 Å². The van der Waals surface area contributed by atoms with E-state index in [0.717, 1.165) is 83.5 Å². The van der Waals surface area contributed by atoms with Crippen molar-refractivity contribution >= 4 is 5.91 Å². The standard InChI is InChI=1S/C58H101NO3/c1-3-5-7-9-11-13-15-17-19-21-23-25-27-28-29-30-32-34-36-38-40-42-44-46-48-50-52-54-58(62)59-56(55-60)57(61)53-51-49-47-45-43-41-39-37-35-33-31-26-24-22-20-18-16-14-12-10-8-6-4-2/h5,7,11,13,17,19,23,25,28-29,32,34,43,45,51,53,56-57,60-61H,3-4,6,8-10,12,14-16,18,20-22,24,26-27,30-31,33,35-42,44,46-50,52,54-55H2,1-2H3,(H,59,62)/b7-5-,13-11-,19-17-,25-23-,29-28-,34-32-,45-43+,53-51+. The minimum atomic E-state index is -0.873. The minimum absolute atomic E-state index is 0.0850. The third-order valence-electron chi connectivity index (χ3n) is 11.6. The van der Waals surface area contributed by atoms with E-state index in [4.69, 9.17) is 0 Å². The smallest absolute Gasteiger partial charge is 0.220 e. The van der Waals surface area contributed by atoms with Crippen molar-refractivity contribution in [3.63, 3.8) is 0 Å². The fourth-order valence-electron chi connectivity index (χ4n) is 7.55. The number of allylic oxidation sites excluding steroid dienone is 15. The van der Waals surface area contributed by atoms with Crippen molar-refractivity contribution in [1.29, 1.82) is 0 Å². The molecule has 62 heavy (non-hydrogen) atoms. The Kier molecular flexibility index (Phi) is 50.4. The number of nitrogens with one attached hydrogen (secondary N) is 1. The molecule has 4 nitrogen and oxygen atoms in total. The molecule has 0 aromatic carbocycles. The van der Waals surface area contributed by atoms with Gasteiger partial charge in [-0.05, 0) is 83.5 Å². The fraction of sp³-hybridized carbons (Fsp3) is 0.707. The van der Waals surface area contributed by atoms with Crippen LogP contribution in [0.5, 0.6) is 0 Å². The Hall–Kier alpha value is -2.69. The lowest BCUT2D eigenvalue weighted by Gasteiger charge is -2.19. The number of aliphatic hydroxyl groups is 2. The van der Waals surface area contributed by atoms with Gasteiger partial charge in [0.2, 0.25) is 5.91 Å². The molecule has 0 rings (SSSR count). The summed E-state index contributed by atoms with van der Waals surface area (Å²) in [5.41, 5.74) is 0. The van der Waals surface area contributed by atoms with Crippen LogP contribution in [0.4, 0.5) is 0 Å². The second-order valence-corrected chi connectivity index (χ2v) is 17.6. The summed E-state index contributed by atoms with van der Waals surface area (Å²) in [6, 6.07) is -0.651. The van der Waals surface area contributed by atoms with Crippen molar-refractivity contribution in [3.8, 4) is 0 Å². The summed E-state index contributed by atoms with van der Waals surface area (Å²) >= 11 is 0. The van der Waals surface area contributed by atoms with E-state index < -0.39 is 12.1 Å². The maximum atomic E-state index is 12.5. The summed E-state index contributed by atoms with van der Waals surface area (Å²) in [5.74, 6) is -0.0850. The van der Waals surface area contributed by atoms with Gasteiger partial charge < -0.3 is 15.5 Å². The molecule has 0 fully saturated rings. The van der Waals surface area contributed by atoms with Gasteiger partial charge in [0.15, 0.2) is 0 Å². The fourth-order valence-corrected chi connectivity index (χ4v) is 7.55. The Labute approximate surface area is 385 Å². The lowest BCUT2D eigenvalue weighted by Crippen LogP contribution is -2.45. The van der Waals surface area contributed by atoms with E-state index in [1.54, 1.807) is 6.08 Å². The molecule has 1 amide bonds. The van der Waals surface area contributed by atoms with Crippen LogP contribution in [-0.4, -0.2) is 34.9 Å². The van der Waals surface area contributed by atoms with Crippen LogP contribution in [0.1, 0.15) is 245 Å². The van der Waals surface area contributed by atoms with E-state index in [2.05, 4.69) is 104 Å². The van der Waals surface area contributed by atoms with Crippen molar-refractivity contribution in [2.45, 2.75) is 257 Å². The molecular formula is C58H101NO3. The number of hydrogen-bond donors (Lipinski definition) is 3. The monoisotopic (exact) mass is 860 g/mol. The molecule has 0 saturated carbocycles. The van der Waals surface area contributed by atoms with E-state index in [1.807, 2.05) is 6.08 Å². The lowest BCUT2D eigenvalue weighted by molar-refractivity contribution is -0.123. The Bertz CT molecular complexity index is 1160. The van der Waals surface area contributed by atoms with E-state index >= 15 is 0 Å². The average Bonchev–Trinajstić information content (AvgIpc) is 3.28. The van der Waals surface area contributed by atoms with Crippen LogP contribution in [-0.2, 0) is 4.79 Å². The molecule has 0 bridgehead atoms. The Morgan fingerprint density at radius 2 is 0.726 bits per heavy atom. The van der Waals surface area contributed by atoms with Gasteiger partial charge in [0.25, 0.3) is 0 Å². The highest BCUT2D eigenvalue weighted by Crippen LogP contribution is 2.15. The van der Waals surface area contributed by atoms with Gasteiger partial charge in [0, 0.05) is 6.42 Å². The summed E-state index contributed by atoms with van der Waals surface area (Å²) in [6.07, 6.45) is 78.3. The molecule has 0 aromatic rings. The Morgan fingerprint density at radius 1 is 0.403 bits per heavy atom. The second kappa shape index (κ2) is 52.7. The van der Waals surface area contributed by atoms with Gasteiger partial charge in [-0.15, -0.1) is 0 Å². The van der Waals surface area contributed by atoms with E-state index in [9.17, 15) is 15.0 Å². The van der Waals surface area contributed by atoms with Crippen LogP contribution in [0.15, 0.2) is 97.2 Å². The SMILES string of the molecule is CC/C=C\C/C=C\C/C=C\C/C=C\C/C=C\C/C=C\CCCCCCCCCCC(=O)NC(CO)C(O)/C=C/CC/C=C/CCCCCCCCCCCCCCCCCCC. The first-order valence-electron chi connectivity index (χ1n) is 26.5. The number of unbranched alkanes of at least 4 members (excludes halogenated alkanes) is 26. The molecule has 3 N–H and O–H groups in total. The normalized spacial score (nSPS) is 13.7. The van der Waals surface area contributed by atoms with Crippen LogP contribution >= 0.6 is 0 Å². The highest BCUT2D eigenvalue weighted by atomic mass is 16.3. The number of rotatable bonds is 47. The molecule has 0 saturated heterocycles. The topological polar surface area (TPSA) is 69.6 Å². The zero-order valence-corrected chi connectivity index (χ0v) is 40.9. The summed E-state index contributed by atoms with van der Waals surface area (Å²) in [5, 5.41) is 23.1. The molecule has 356 valence electrons. The maximum absolute atomic E-state index is 12.5. The molecule has 4 heteroatoms. The third kappa shape index (κ3) is 48.3. The molecular weight excluding hydrogens is 759 g/mol. The summed E-state index contributed by atoms with van der Waals surface area (Å²) in [6.45, 7) is 4.19. The predicted octanol–water partition coefficient (Wildman–Crippen LogP) is 17.4. The summed E-state index contributed by atoms with van der Waals surface area (Å²) < 4.78 is 0. The molecule has 0 radical (unpaired) electrons. The third-order valence-corrected chi connectivity index (χ3v) is 11.6. The van der Waals surface area contributed by atoms with Gasteiger partial charge in [-0.1, -0.05) is 252 Å². The molecule has 0 aliphatic rings. The summed E-state index contributed by atoms with van der Waals surface area (Å²) in [7, 11) is 0. The van der Waals surface area contributed by atoms with Crippen LogP contribution in [0, 0.1) is 0 Å². The first kappa shape index (κ1) is 59.3. The highest BCUT2D eigenvalue weighted by Gasteiger charge is 2.17. The van der Waals surface area contributed by atoms with Gasteiger partial charge in [-0.3, -0.25) is 4.79 Å². The van der Waals surface area contributed by atoms with Crippen LogP contribution in [0.2, 0.25) is 0 Å². The molecule has 0 aromatic heterocycles. The van der Waals surface area contributed by atoms with Crippen molar-refractivity contribution < 1.29 is 15.0 Å². The quantitative estimate of drug-likeness (QED) is 0.0422. The zero-order valence-electron chi connectivity index (χ0n) is 40.9.